The van der Waals surface area contributed by atoms with Crippen LogP contribution in [0.4, 0.5) is 14.5 Å². The Labute approximate surface area is 170 Å². The van der Waals surface area contributed by atoms with Crippen LogP contribution in [0.3, 0.4) is 0 Å². The normalized spacial score (nSPS) is 13.5. The van der Waals surface area contributed by atoms with Crippen molar-refractivity contribution in [2.45, 2.75) is 11.4 Å². The van der Waals surface area contributed by atoms with Crippen molar-refractivity contribution in [3.05, 3.63) is 89.2 Å². The predicted octanol–water partition coefficient (Wildman–Crippen LogP) is 2.96. The first-order chi connectivity index (χ1) is 14.3. The number of sulfonamides is 1. The first kappa shape index (κ1) is 19.6. The highest BCUT2D eigenvalue weighted by atomic mass is 32.2. The lowest BCUT2D eigenvalue weighted by Crippen LogP contribution is -2.29. The van der Waals surface area contributed by atoms with Gasteiger partial charge in [0.15, 0.2) is 0 Å². The molecule has 0 saturated carbocycles. The van der Waals surface area contributed by atoms with Crippen molar-refractivity contribution in [3.8, 4) is 0 Å². The van der Waals surface area contributed by atoms with Crippen LogP contribution in [0.5, 0.6) is 0 Å². The van der Waals surface area contributed by atoms with Gasteiger partial charge in [0, 0.05) is 12.3 Å². The van der Waals surface area contributed by atoms with E-state index in [-0.39, 0.29) is 22.7 Å². The maximum atomic E-state index is 13.7. The molecular weight excluding hydrogens is 416 g/mol. The molecule has 0 fully saturated rings. The zero-order valence-electron chi connectivity index (χ0n) is 15.2. The molecule has 0 radical (unpaired) electrons. The lowest BCUT2D eigenvalue weighted by molar-refractivity contribution is 0.0640. The molecule has 1 N–H and O–H groups in total. The van der Waals surface area contributed by atoms with Crippen LogP contribution in [0.1, 0.15) is 26.4 Å². The standard InChI is InChI=1S/C20H13F2N3O4S/c21-13-5-8-16(22)17(10-13)24-30(28,29)14-6-3-12(4-7-14)11-25-19(26)15-2-1-9-23-18(15)20(25)27/h1-10,24H,11H2. The summed E-state index contributed by atoms with van der Waals surface area (Å²) in [4.78, 5) is 29.5. The largest absolute Gasteiger partial charge is 0.280 e. The van der Waals surface area contributed by atoms with E-state index in [1.807, 2.05) is 4.72 Å². The Morgan fingerprint density at radius 3 is 2.40 bits per heavy atom. The Morgan fingerprint density at radius 2 is 1.70 bits per heavy atom. The fourth-order valence-corrected chi connectivity index (χ4v) is 4.05. The number of nitrogens with zero attached hydrogens (tertiary/aromatic N) is 2. The van der Waals surface area contributed by atoms with Gasteiger partial charge in [-0.2, -0.15) is 0 Å². The summed E-state index contributed by atoms with van der Waals surface area (Å²) in [6.45, 7) is -0.0691. The van der Waals surface area contributed by atoms with Crippen molar-refractivity contribution in [2.75, 3.05) is 4.72 Å². The minimum Gasteiger partial charge on any atom is -0.277 e. The second kappa shape index (κ2) is 7.30. The number of halogens is 2. The molecule has 0 aliphatic carbocycles. The summed E-state index contributed by atoms with van der Waals surface area (Å²) in [6, 6.07) is 10.8. The Kier molecular flexibility index (Phi) is 4.78. The summed E-state index contributed by atoms with van der Waals surface area (Å²) in [5.41, 5.74) is 0.268. The van der Waals surface area contributed by atoms with E-state index < -0.39 is 39.2 Å². The molecule has 0 bridgehead atoms. The number of hydrogen-bond acceptors (Lipinski definition) is 5. The summed E-state index contributed by atoms with van der Waals surface area (Å²) in [5.74, 6) is -2.73. The Balaban J connectivity index is 1.53. The second-order valence-corrected chi connectivity index (χ2v) is 8.15. The summed E-state index contributed by atoms with van der Waals surface area (Å²) < 4.78 is 53.9. The van der Waals surface area contributed by atoms with Crippen LogP contribution in [0.15, 0.2) is 65.7 Å². The maximum absolute atomic E-state index is 13.7. The molecule has 1 aliphatic heterocycles. The van der Waals surface area contributed by atoms with Crippen molar-refractivity contribution in [1.82, 2.24) is 9.88 Å². The topological polar surface area (TPSA) is 96.4 Å². The van der Waals surface area contributed by atoms with E-state index in [9.17, 15) is 26.8 Å². The van der Waals surface area contributed by atoms with E-state index in [0.29, 0.717) is 5.56 Å². The third-order valence-electron chi connectivity index (χ3n) is 4.48. The molecule has 2 amide bonds. The number of rotatable bonds is 5. The molecule has 30 heavy (non-hydrogen) atoms. The number of pyridine rings is 1. The minimum atomic E-state index is -4.18. The highest BCUT2D eigenvalue weighted by Gasteiger charge is 2.36. The second-order valence-electron chi connectivity index (χ2n) is 6.47. The Morgan fingerprint density at radius 1 is 0.967 bits per heavy atom. The lowest BCUT2D eigenvalue weighted by atomic mass is 10.2. The molecule has 0 unspecified atom stereocenters. The predicted molar refractivity (Wildman–Crippen MR) is 102 cm³/mol. The molecule has 7 nitrogen and oxygen atoms in total. The number of nitrogens with one attached hydrogen (secondary N) is 1. The van der Waals surface area contributed by atoms with Crippen LogP contribution in [-0.4, -0.2) is 30.1 Å². The fourth-order valence-electron chi connectivity index (χ4n) is 2.99. The van der Waals surface area contributed by atoms with Crippen LogP contribution in [0.25, 0.3) is 0 Å². The van der Waals surface area contributed by atoms with E-state index in [1.54, 1.807) is 6.07 Å². The first-order valence-electron chi connectivity index (χ1n) is 8.64. The number of hydrogen-bond donors (Lipinski definition) is 1. The van der Waals surface area contributed by atoms with Gasteiger partial charge in [0.05, 0.1) is 22.7 Å². The van der Waals surface area contributed by atoms with Gasteiger partial charge < -0.3 is 0 Å². The molecule has 0 saturated heterocycles. The van der Waals surface area contributed by atoms with Gasteiger partial charge in [-0.25, -0.2) is 17.2 Å². The van der Waals surface area contributed by atoms with Gasteiger partial charge in [-0.3, -0.25) is 24.2 Å². The average molecular weight is 429 g/mol. The van der Waals surface area contributed by atoms with Crippen molar-refractivity contribution < 1.29 is 26.8 Å². The van der Waals surface area contributed by atoms with E-state index in [1.165, 1.54) is 36.5 Å². The number of imide groups is 1. The third-order valence-corrected chi connectivity index (χ3v) is 5.86. The fraction of sp³-hybridized carbons (Fsp3) is 0.0500. The number of carbonyl (C=O) groups excluding carboxylic acids is 2. The Bertz CT molecular complexity index is 1240. The van der Waals surface area contributed by atoms with Crippen molar-refractivity contribution in [2.24, 2.45) is 0 Å². The summed E-state index contributed by atoms with van der Waals surface area (Å²) in [6.07, 6.45) is 1.42. The first-order valence-corrected chi connectivity index (χ1v) is 10.1. The maximum Gasteiger partial charge on any atom is 0.280 e. The van der Waals surface area contributed by atoms with Gasteiger partial charge in [-0.1, -0.05) is 12.1 Å². The number of aromatic nitrogens is 1. The minimum absolute atomic E-state index is 0.0691. The molecule has 4 rings (SSSR count). The third kappa shape index (κ3) is 3.52. The lowest BCUT2D eigenvalue weighted by Gasteiger charge is -2.14. The molecule has 10 heteroatoms. The highest BCUT2D eigenvalue weighted by molar-refractivity contribution is 7.92. The molecule has 0 spiro atoms. The van der Waals surface area contributed by atoms with Gasteiger partial charge in [0.1, 0.15) is 17.3 Å². The quantitative estimate of drug-likeness (QED) is 0.629. The van der Waals surface area contributed by atoms with E-state index >= 15 is 0 Å². The summed E-state index contributed by atoms with van der Waals surface area (Å²) in [7, 11) is -4.18. The monoisotopic (exact) mass is 429 g/mol. The SMILES string of the molecule is O=C1c2cccnc2C(=O)N1Cc1ccc(S(=O)(=O)Nc2cc(F)ccc2F)cc1. The van der Waals surface area contributed by atoms with Crippen LogP contribution < -0.4 is 4.72 Å². The van der Waals surface area contributed by atoms with Gasteiger partial charge in [-0.05, 0) is 42.0 Å². The van der Waals surface area contributed by atoms with E-state index in [2.05, 4.69) is 4.98 Å². The molecule has 1 aliphatic rings. The van der Waals surface area contributed by atoms with Gasteiger partial charge in [0.2, 0.25) is 0 Å². The number of amides is 2. The number of benzene rings is 2. The molecule has 2 aromatic carbocycles. The Hall–Kier alpha value is -3.66. The smallest absolute Gasteiger partial charge is 0.277 e. The molecule has 152 valence electrons. The van der Waals surface area contributed by atoms with Crippen molar-refractivity contribution in [1.29, 1.82) is 0 Å². The van der Waals surface area contributed by atoms with Gasteiger partial charge in [0.25, 0.3) is 21.8 Å². The zero-order chi connectivity index (χ0) is 21.5. The van der Waals surface area contributed by atoms with Crippen LogP contribution in [-0.2, 0) is 16.6 Å². The van der Waals surface area contributed by atoms with Gasteiger partial charge >= 0.3 is 0 Å². The summed E-state index contributed by atoms with van der Waals surface area (Å²) >= 11 is 0. The van der Waals surface area contributed by atoms with Gasteiger partial charge in [-0.15, -0.1) is 0 Å². The van der Waals surface area contributed by atoms with E-state index in [4.69, 9.17) is 0 Å². The van der Waals surface area contributed by atoms with Crippen LogP contribution in [0, 0.1) is 11.6 Å². The van der Waals surface area contributed by atoms with Crippen molar-refractivity contribution >= 4 is 27.5 Å². The molecular formula is C20H13F2N3O4S. The molecule has 3 aromatic rings. The number of carbonyl (C=O) groups is 2. The van der Waals surface area contributed by atoms with Crippen molar-refractivity contribution in [3.63, 3.8) is 0 Å². The van der Waals surface area contributed by atoms with Crippen LogP contribution >= 0.6 is 0 Å². The number of anilines is 1. The average Bonchev–Trinajstić information content (AvgIpc) is 2.96. The molecule has 0 atom stereocenters. The van der Waals surface area contributed by atoms with Crippen LogP contribution in [0.2, 0.25) is 0 Å². The highest BCUT2D eigenvalue weighted by Crippen LogP contribution is 2.24. The molecule has 2 heterocycles. The zero-order valence-corrected chi connectivity index (χ0v) is 16.0. The van der Waals surface area contributed by atoms with E-state index in [0.717, 1.165) is 23.1 Å². The summed E-state index contributed by atoms with van der Waals surface area (Å²) in [5, 5.41) is 0. The molecule has 1 aromatic heterocycles. The number of fused-ring (bicyclic) bond motifs is 1.